The second-order valence-corrected chi connectivity index (χ2v) is 7.96. The molecule has 1 N–H and O–H groups in total. The van der Waals surface area contributed by atoms with E-state index in [2.05, 4.69) is 10.3 Å². The Labute approximate surface area is 175 Å². The van der Waals surface area contributed by atoms with Crippen LogP contribution in [0, 0.1) is 5.82 Å². The first-order valence-electron chi connectivity index (χ1n) is 10.5. The smallest absolute Gasteiger partial charge is 0.267 e. The molecule has 2 aromatic rings. The summed E-state index contributed by atoms with van der Waals surface area (Å²) in [7, 11) is 0. The zero-order valence-electron chi connectivity index (χ0n) is 16.9. The van der Waals surface area contributed by atoms with Gasteiger partial charge in [0.25, 0.3) is 5.91 Å². The summed E-state index contributed by atoms with van der Waals surface area (Å²) in [5, 5.41) is 2.89. The Morgan fingerprint density at radius 1 is 1.17 bits per heavy atom. The second-order valence-electron chi connectivity index (χ2n) is 7.96. The Morgan fingerprint density at radius 3 is 2.63 bits per heavy atom. The number of likely N-dealkylation sites (tertiary alicyclic amines) is 1. The number of carbonyl (C=O) groups excluding carboxylic acids is 2. The van der Waals surface area contributed by atoms with Crippen LogP contribution in [0.3, 0.4) is 0 Å². The van der Waals surface area contributed by atoms with E-state index in [1.54, 1.807) is 11.1 Å². The number of ether oxygens (including phenoxy) is 1. The first kappa shape index (κ1) is 20.3. The van der Waals surface area contributed by atoms with Gasteiger partial charge < -0.3 is 15.0 Å². The van der Waals surface area contributed by atoms with Crippen molar-refractivity contribution in [3.05, 3.63) is 60.2 Å². The van der Waals surface area contributed by atoms with Crippen molar-refractivity contribution in [3.63, 3.8) is 0 Å². The lowest BCUT2D eigenvalue weighted by Crippen LogP contribution is -2.77. The molecule has 30 heavy (non-hydrogen) atoms. The zero-order chi connectivity index (χ0) is 21.0. The first-order valence-corrected chi connectivity index (χ1v) is 10.5. The van der Waals surface area contributed by atoms with Crippen LogP contribution in [-0.4, -0.2) is 46.4 Å². The molecule has 2 amide bonds. The van der Waals surface area contributed by atoms with Crippen molar-refractivity contribution in [3.8, 4) is 5.75 Å². The fourth-order valence-corrected chi connectivity index (χ4v) is 4.48. The van der Waals surface area contributed by atoms with Crippen LogP contribution in [0.1, 0.15) is 37.8 Å². The van der Waals surface area contributed by atoms with Crippen LogP contribution >= 0.6 is 0 Å². The standard InChI is InChI=1S/C23H26FN3O3/c24-17-7-9-19(10-8-17)30-21-22(29)27(23(21)12-3-1-4-13-23)16-20(28)26-15-11-18-6-2-5-14-25-18/h2,5-10,14,21H,1,3-4,11-13,15-16H2,(H,26,28). The normalized spacial score (nSPS) is 20.0. The van der Waals surface area contributed by atoms with Gasteiger partial charge in [0.1, 0.15) is 18.1 Å². The molecule has 1 aromatic heterocycles. The topological polar surface area (TPSA) is 71.5 Å². The largest absolute Gasteiger partial charge is 0.478 e. The maximum absolute atomic E-state index is 13.2. The number of hydrogen-bond donors (Lipinski definition) is 1. The number of nitrogens with one attached hydrogen (secondary N) is 1. The highest BCUT2D eigenvalue weighted by Gasteiger charge is 2.62. The van der Waals surface area contributed by atoms with Gasteiger partial charge in [0, 0.05) is 24.9 Å². The van der Waals surface area contributed by atoms with E-state index in [0.717, 1.165) is 37.8 Å². The van der Waals surface area contributed by atoms with Crippen molar-refractivity contribution in [1.82, 2.24) is 15.2 Å². The Balaban J connectivity index is 1.37. The van der Waals surface area contributed by atoms with Crippen molar-refractivity contribution < 1.29 is 18.7 Å². The van der Waals surface area contributed by atoms with Crippen LogP contribution < -0.4 is 10.1 Å². The summed E-state index contributed by atoms with van der Waals surface area (Å²) in [6, 6.07) is 11.4. The summed E-state index contributed by atoms with van der Waals surface area (Å²) in [5.74, 6) is -0.233. The number of amides is 2. The zero-order valence-corrected chi connectivity index (χ0v) is 16.9. The molecule has 7 heteroatoms. The third-order valence-electron chi connectivity index (χ3n) is 6.03. The van der Waals surface area contributed by atoms with E-state index in [4.69, 9.17) is 4.74 Å². The minimum absolute atomic E-state index is 0.0321. The second kappa shape index (κ2) is 8.81. The lowest BCUT2D eigenvalue weighted by Gasteiger charge is -2.58. The molecule has 4 rings (SSSR count). The maximum Gasteiger partial charge on any atom is 0.267 e. The molecule has 1 unspecified atom stereocenters. The minimum atomic E-state index is -0.621. The van der Waals surface area contributed by atoms with Gasteiger partial charge >= 0.3 is 0 Å². The fourth-order valence-electron chi connectivity index (χ4n) is 4.48. The van der Waals surface area contributed by atoms with E-state index < -0.39 is 11.6 Å². The molecule has 1 saturated heterocycles. The molecule has 1 saturated carbocycles. The third-order valence-corrected chi connectivity index (χ3v) is 6.03. The molecule has 2 heterocycles. The number of hydrogen-bond acceptors (Lipinski definition) is 4. The van der Waals surface area contributed by atoms with E-state index >= 15 is 0 Å². The average Bonchev–Trinajstić information content (AvgIpc) is 2.78. The molecule has 1 atom stereocenters. The summed E-state index contributed by atoms with van der Waals surface area (Å²) in [4.78, 5) is 31.3. The summed E-state index contributed by atoms with van der Waals surface area (Å²) < 4.78 is 19.1. The van der Waals surface area contributed by atoms with Crippen LogP contribution in [0.5, 0.6) is 5.75 Å². The summed E-state index contributed by atoms with van der Waals surface area (Å²) >= 11 is 0. The number of β-lactam (4-membered cyclic amide) rings is 1. The maximum atomic E-state index is 13.2. The van der Waals surface area contributed by atoms with E-state index in [1.807, 2.05) is 18.2 Å². The van der Waals surface area contributed by atoms with Crippen molar-refractivity contribution in [2.24, 2.45) is 0 Å². The van der Waals surface area contributed by atoms with Gasteiger partial charge in [-0.25, -0.2) is 4.39 Å². The van der Waals surface area contributed by atoms with E-state index in [9.17, 15) is 14.0 Å². The van der Waals surface area contributed by atoms with Crippen molar-refractivity contribution >= 4 is 11.8 Å². The molecule has 2 aliphatic rings. The average molecular weight is 411 g/mol. The predicted octanol–water partition coefficient (Wildman–Crippen LogP) is 2.87. The van der Waals surface area contributed by atoms with Crippen LogP contribution in [0.25, 0.3) is 0 Å². The van der Waals surface area contributed by atoms with Gasteiger partial charge in [0.2, 0.25) is 5.91 Å². The number of carbonyl (C=O) groups is 2. The Morgan fingerprint density at radius 2 is 1.93 bits per heavy atom. The Hall–Kier alpha value is -2.96. The van der Waals surface area contributed by atoms with Gasteiger partial charge in [-0.2, -0.15) is 0 Å². The highest BCUT2D eigenvalue weighted by Crippen LogP contribution is 2.45. The van der Waals surface area contributed by atoms with E-state index in [0.29, 0.717) is 18.7 Å². The van der Waals surface area contributed by atoms with Gasteiger partial charge in [-0.15, -0.1) is 0 Å². The van der Waals surface area contributed by atoms with Gasteiger partial charge in [-0.1, -0.05) is 25.3 Å². The number of pyridine rings is 1. The first-order chi connectivity index (χ1) is 14.6. The highest BCUT2D eigenvalue weighted by atomic mass is 19.1. The van der Waals surface area contributed by atoms with E-state index in [-0.39, 0.29) is 24.2 Å². The minimum Gasteiger partial charge on any atom is -0.478 e. The number of aromatic nitrogens is 1. The summed E-state index contributed by atoms with van der Waals surface area (Å²) in [6.07, 6.45) is 6.47. The fraction of sp³-hybridized carbons (Fsp3) is 0.435. The molecule has 158 valence electrons. The molecule has 0 bridgehead atoms. The van der Waals surface area contributed by atoms with E-state index in [1.165, 1.54) is 24.3 Å². The van der Waals surface area contributed by atoms with Crippen molar-refractivity contribution in [2.75, 3.05) is 13.1 Å². The molecule has 1 aromatic carbocycles. The van der Waals surface area contributed by atoms with Crippen LogP contribution in [0.15, 0.2) is 48.7 Å². The third kappa shape index (κ3) is 4.15. The summed E-state index contributed by atoms with van der Waals surface area (Å²) in [6.45, 7) is 0.505. The Kier molecular flexibility index (Phi) is 5.97. The quantitative estimate of drug-likeness (QED) is 0.712. The number of nitrogens with zero attached hydrogens (tertiary/aromatic N) is 2. The monoisotopic (exact) mass is 411 g/mol. The van der Waals surface area contributed by atoms with Gasteiger partial charge in [0.15, 0.2) is 6.10 Å². The highest BCUT2D eigenvalue weighted by molar-refractivity contribution is 5.94. The van der Waals surface area contributed by atoms with Crippen LogP contribution in [0.2, 0.25) is 0 Å². The summed E-state index contributed by atoms with van der Waals surface area (Å²) in [5.41, 5.74) is 0.455. The molecule has 1 aliphatic heterocycles. The number of benzene rings is 1. The molecular formula is C23H26FN3O3. The SMILES string of the molecule is O=C(CN1C(=O)C(Oc2ccc(F)cc2)C12CCCCC2)NCCc1ccccn1. The lowest BCUT2D eigenvalue weighted by molar-refractivity contribution is -0.187. The van der Waals surface area contributed by atoms with Crippen LogP contribution in [-0.2, 0) is 16.0 Å². The Bertz CT molecular complexity index is 882. The van der Waals surface area contributed by atoms with Gasteiger partial charge in [-0.05, 0) is 49.2 Å². The molecule has 2 fully saturated rings. The lowest BCUT2D eigenvalue weighted by atomic mass is 9.70. The predicted molar refractivity (Wildman–Crippen MR) is 109 cm³/mol. The van der Waals surface area contributed by atoms with Crippen molar-refractivity contribution in [2.45, 2.75) is 50.2 Å². The number of halogens is 1. The van der Waals surface area contributed by atoms with Gasteiger partial charge in [-0.3, -0.25) is 14.6 Å². The molecule has 1 aliphatic carbocycles. The van der Waals surface area contributed by atoms with Crippen LogP contribution in [0.4, 0.5) is 4.39 Å². The van der Waals surface area contributed by atoms with Gasteiger partial charge in [0.05, 0.1) is 5.54 Å². The number of rotatable bonds is 7. The van der Waals surface area contributed by atoms with Crippen molar-refractivity contribution in [1.29, 1.82) is 0 Å². The molecule has 0 radical (unpaired) electrons. The molecular weight excluding hydrogens is 385 g/mol. The molecule has 1 spiro atoms. The molecule has 6 nitrogen and oxygen atoms in total.